The SMILES string of the molecule is CC(C)(C)C(=O)OCn1ccc2nc(-c3n[nH]c4cc(Cl)ccc34)cnc21. The zero-order valence-corrected chi connectivity index (χ0v) is 15.9. The number of rotatable bonds is 3. The van der Waals surface area contributed by atoms with Crippen molar-refractivity contribution in [2.75, 3.05) is 0 Å². The summed E-state index contributed by atoms with van der Waals surface area (Å²) in [5.74, 6) is -0.268. The van der Waals surface area contributed by atoms with Crippen LogP contribution in [0.5, 0.6) is 0 Å². The molecule has 0 unspecified atom stereocenters. The summed E-state index contributed by atoms with van der Waals surface area (Å²) in [5, 5.41) is 8.87. The minimum absolute atomic E-state index is 0.0947. The van der Waals surface area contributed by atoms with Crippen molar-refractivity contribution < 1.29 is 9.53 Å². The second kappa shape index (κ2) is 6.35. The van der Waals surface area contributed by atoms with E-state index in [0.717, 1.165) is 10.9 Å². The average molecular weight is 384 g/mol. The van der Waals surface area contributed by atoms with E-state index in [4.69, 9.17) is 16.3 Å². The molecule has 4 rings (SSSR count). The maximum Gasteiger partial charge on any atom is 0.312 e. The molecular formula is C19H18ClN5O2. The Morgan fingerprint density at radius 1 is 1.30 bits per heavy atom. The predicted molar refractivity (Wildman–Crippen MR) is 103 cm³/mol. The number of esters is 1. The van der Waals surface area contributed by atoms with Crippen LogP contribution in [0.4, 0.5) is 0 Å². The molecule has 7 nitrogen and oxygen atoms in total. The van der Waals surface area contributed by atoms with Gasteiger partial charge in [0.15, 0.2) is 12.4 Å². The van der Waals surface area contributed by atoms with Crippen molar-refractivity contribution in [2.45, 2.75) is 27.5 Å². The Labute approximate surface area is 160 Å². The fourth-order valence-corrected chi connectivity index (χ4v) is 2.88. The Hall–Kier alpha value is -2.93. The smallest absolute Gasteiger partial charge is 0.312 e. The summed E-state index contributed by atoms with van der Waals surface area (Å²) in [6.07, 6.45) is 3.46. The third kappa shape index (κ3) is 3.26. The van der Waals surface area contributed by atoms with Crippen molar-refractivity contribution >= 4 is 39.6 Å². The van der Waals surface area contributed by atoms with E-state index in [9.17, 15) is 4.79 Å². The standard InChI is InChI=1S/C19H18ClN5O2/c1-19(2,3)18(26)27-10-25-7-6-13-17(25)21-9-15(22-13)16-12-5-4-11(20)8-14(12)23-24-16/h4-9H,10H2,1-3H3,(H,23,24). The van der Waals surface area contributed by atoms with E-state index in [0.29, 0.717) is 27.6 Å². The summed E-state index contributed by atoms with van der Waals surface area (Å²) in [4.78, 5) is 21.1. The van der Waals surface area contributed by atoms with E-state index in [2.05, 4.69) is 20.2 Å². The van der Waals surface area contributed by atoms with Crippen molar-refractivity contribution in [2.24, 2.45) is 5.41 Å². The number of halogens is 1. The Kier molecular flexibility index (Phi) is 4.11. The fraction of sp³-hybridized carbons (Fsp3) is 0.263. The normalized spacial score (nSPS) is 12.0. The van der Waals surface area contributed by atoms with Gasteiger partial charge in [0.05, 0.1) is 17.1 Å². The van der Waals surface area contributed by atoms with Crippen molar-refractivity contribution in [3.8, 4) is 11.4 Å². The molecule has 0 aliphatic carbocycles. The zero-order valence-electron chi connectivity index (χ0n) is 15.2. The van der Waals surface area contributed by atoms with Gasteiger partial charge in [-0.25, -0.2) is 9.97 Å². The second-order valence-electron chi connectivity index (χ2n) is 7.32. The Balaban J connectivity index is 1.65. The monoisotopic (exact) mass is 383 g/mol. The highest BCUT2D eigenvalue weighted by Crippen LogP contribution is 2.27. The fourth-order valence-electron chi connectivity index (χ4n) is 2.71. The van der Waals surface area contributed by atoms with Gasteiger partial charge in [-0.2, -0.15) is 5.10 Å². The molecule has 0 saturated carbocycles. The van der Waals surface area contributed by atoms with Gasteiger partial charge in [0.1, 0.15) is 16.9 Å². The van der Waals surface area contributed by atoms with Crippen LogP contribution in [0.1, 0.15) is 20.8 Å². The number of hydrogen-bond acceptors (Lipinski definition) is 5. The topological polar surface area (TPSA) is 85.7 Å². The highest BCUT2D eigenvalue weighted by molar-refractivity contribution is 6.31. The number of carbonyl (C=O) groups is 1. The molecule has 1 N–H and O–H groups in total. The van der Waals surface area contributed by atoms with Crippen LogP contribution in [-0.2, 0) is 16.3 Å². The van der Waals surface area contributed by atoms with Crippen LogP contribution < -0.4 is 0 Å². The van der Waals surface area contributed by atoms with Gasteiger partial charge >= 0.3 is 5.97 Å². The number of aromatic amines is 1. The number of fused-ring (bicyclic) bond motifs is 2. The summed E-state index contributed by atoms with van der Waals surface area (Å²) < 4.78 is 7.10. The van der Waals surface area contributed by atoms with Crippen LogP contribution in [0.15, 0.2) is 36.7 Å². The molecule has 0 amide bonds. The van der Waals surface area contributed by atoms with Crippen molar-refractivity contribution in [3.63, 3.8) is 0 Å². The van der Waals surface area contributed by atoms with Gasteiger partial charge in [0, 0.05) is 16.6 Å². The molecular weight excluding hydrogens is 366 g/mol. The first-order valence-corrected chi connectivity index (χ1v) is 8.84. The number of nitrogens with one attached hydrogen (secondary N) is 1. The van der Waals surface area contributed by atoms with Crippen LogP contribution >= 0.6 is 11.6 Å². The molecule has 138 valence electrons. The van der Waals surface area contributed by atoms with E-state index >= 15 is 0 Å². The first-order valence-electron chi connectivity index (χ1n) is 8.46. The molecule has 0 radical (unpaired) electrons. The quantitative estimate of drug-likeness (QED) is 0.536. The molecule has 27 heavy (non-hydrogen) atoms. The minimum Gasteiger partial charge on any atom is -0.443 e. The summed E-state index contributed by atoms with van der Waals surface area (Å²) in [6, 6.07) is 7.37. The minimum atomic E-state index is -0.550. The predicted octanol–water partition coefficient (Wildman–Crippen LogP) is 4.17. The molecule has 0 bridgehead atoms. The Morgan fingerprint density at radius 2 is 2.11 bits per heavy atom. The van der Waals surface area contributed by atoms with Gasteiger partial charge in [-0.05, 0) is 45.0 Å². The summed E-state index contributed by atoms with van der Waals surface area (Å²) in [5.41, 5.74) is 2.99. The average Bonchev–Trinajstić information content (AvgIpc) is 3.21. The van der Waals surface area contributed by atoms with Gasteiger partial charge in [-0.15, -0.1) is 0 Å². The number of nitrogens with zero attached hydrogens (tertiary/aromatic N) is 4. The lowest BCUT2D eigenvalue weighted by atomic mass is 9.98. The van der Waals surface area contributed by atoms with Gasteiger partial charge in [0.25, 0.3) is 0 Å². The first kappa shape index (κ1) is 17.5. The van der Waals surface area contributed by atoms with E-state index < -0.39 is 5.41 Å². The molecule has 3 aromatic heterocycles. The van der Waals surface area contributed by atoms with Crippen molar-refractivity contribution in [1.82, 2.24) is 24.7 Å². The highest BCUT2D eigenvalue weighted by atomic mass is 35.5. The lowest BCUT2D eigenvalue weighted by molar-refractivity contribution is -0.156. The van der Waals surface area contributed by atoms with Crippen molar-refractivity contribution in [1.29, 1.82) is 0 Å². The van der Waals surface area contributed by atoms with Crippen LogP contribution in [0.2, 0.25) is 5.02 Å². The summed E-state index contributed by atoms with van der Waals surface area (Å²) in [7, 11) is 0. The number of hydrogen-bond donors (Lipinski definition) is 1. The number of ether oxygens (including phenoxy) is 1. The van der Waals surface area contributed by atoms with Gasteiger partial charge in [-0.1, -0.05) is 11.6 Å². The zero-order chi connectivity index (χ0) is 19.2. The van der Waals surface area contributed by atoms with Gasteiger partial charge in [0.2, 0.25) is 0 Å². The van der Waals surface area contributed by atoms with Crippen LogP contribution in [0.25, 0.3) is 33.5 Å². The van der Waals surface area contributed by atoms with E-state index in [1.807, 2.05) is 45.0 Å². The second-order valence-corrected chi connectivity index (χ2v) is 7.76. The Morgan fingerprint density at radius 3 is 2.89 bits per heavy atom. The molecule has 8 heteroatoms. The summed E-state index contributed by atoms with van der Waals surface area (Å²) >= 11 is 6.02. The number of benzene rings is 1. The van der Waals surface area contributed by atoms with Crippen molar-refractivity contribution in [3.05, 3.63) is 41.7 Å². The van der Waals surface area contributed by atoms with E-state index in [1.54, 1.807) is 17.0 Å². The largest absolute Gasteiger partial charge is 0.443 e. The molecule has 1 aromatic carbocycles. The summed E-state index contributed by atoms with van der Waals surface area (Å²) in [6.45, 7) is 5.54. The van der Waals surface area contributed by atoms with Gasteiger partial charge in [-0.3, -0.25) is 14.5 Å². The van der Waals surface area contributed by atoms with Crippen LogP contribution in [-0.4, -0.2) is 30.7 Å². The third-order valence-electron chi connectivity index (χ3n) is 4.18. The molecule has 0 spiro atoms. The van der Waals surface area contributed by atoms with Gasteiger partial charge < -0.3 is 4.74 Å². The first-order chi connectivity index (χ1) is 12.8. The van der Waals surface area contributed by atoms with Crippen LogP contribution in [0, 0.1) is 5.41 Å². The molecule has 0 aliphatic rings. The molecule has 4 aromatic rings. The third-order valence-corrected chi connectivity index (χ3v) is 4.41. The number of carbonyl (C=O) groups excluding carboxylic acids is 1. The highest BCUT2D eigenvalue weighted by Gasteiger charge is 2.23. The lowest BCUT2D eigenvalue weighted by Crippen LogP contribution is -2.23. The molecule has 0 atom stereocenters. The lowest BCUT2D eigenvalue weighted by Gasteiger charge is -2.16. The maximum atomic E-state index is 12.0. The van der Waals surface area contributed by atoms with Crippen LogP contribution in [0.3, 0.4) is 0 Å². The van der Waals surface area contributed by atoms with E-state index in [-0.39, 0.29) is 12.7 Å². The molecule has 0 saturated heterocycles. The molecule has 0 aliphatic heterocycles. The molecule has 3 heterocycles. The molecule has 0 fully saturated rings. The van der Waals surface area contributed by atoms with E-state index in [1.165, 1.54) is 0 Å². The number of aromatic nitrogens is 5. The Bertz CT molecular complexity index is 1160. The maximum absolute atomic E-state index is 12.0. The number of H-pyrrole nitrogens is 1.